The van der Waals surface area contributed by atoms with Crippen molar-refractivity contribution in [3.8, 4) is 0 Å². The maximum absolute atomic E-state index is 11.9. The van der Waals surface area contributed by atoms with Gasteiger partial charge in [0.15, 0.2) is 0 Å². The molecule has 1 aromatic heterocycles. The van der Waals surface area contributed by atoms with E-state index in [2.05, 4.69) is 14.7 Å². The molecule has 1 rings (SSSR count). The molecule has 0 bridgehead atoms. The van der Waals surface area contributed by atoms with Crippen molar-refractivity contribution < 1.29 is 17.9 Å². The number of halogens is 4. The lowest BCUT2D eigenvalue weighted by atomic mass is 9.92. The summed E-state index contributed by atoms with van der Waals surface area (Å²) in [5.74, 6) is 0.389. The first kappa shape index (κ1) is 16.2. The Bertz CT molecular complexity index is 430. The second kappa shape index (κ2) is 6.05. The second-order valence-corrected chi connectivity index (χ2v) is 5.55. The molecule has 0 saturated heterocycles. The van der Waals surface area contributed by atoms with Crippen molar-refractivity contribution in [3.63, 3.8) is 0 Å². The van der Waals surface area contributed by atoms with Gasteiger partial charge in [0.25, 0.3) is 0 Å². The molecule has 0 amide bonds. The van der Waals surface area contributed by atoms with Gasteiger partial charge in [0.05, 0.1) is 12.3 Å². The summed E-state index contributed by atoms with van der Waals surface area (Å²) in [5, 5.41) is 0.283. The lowest BCUT2D eigenvalue weighted by molar-refractivity contribution is -0.173. The van der Waals surface area contributed by atoms with Crippen LogP contribution in [-0.4, -0.2) is 29.4 Å². The molecule has 1 heterocycles. The van der Waals surface area contributed by atoms with Crippen LogP contribution in [0.5, 0.6) is 0 Å². The molecule has 19 heavy (non-hydrogen) atoms. The van der Waals surface area contributed by atoms with Crippen molar-refractivity contribution in [1.29, 1.82) is 0 Å². The Morgan fingerprint density at radius 1 is 1.21 bits per heavy atom. The molecule has 0 N–H and O–H groups in total. The van der Waals surface area contributed by atoms with Crippen LogP contribution in [0.4, 0.5) is 13.2 Å². The summed E-state index contributed by atoms with van der Waals surface area (Å²) in [6.07, 6.45) is -4.12. The molecule has 0 aliphatic carbocycles. The highest BCUT2D eigenvalue weighted by molar-refractivity contribution is 6.29. The van der Waals surface area contributed by atoms with Gasteiger partial charge in [0.1, 0.15) is 17.6 Å². The minimum absolute atomic E-state index is 0.0938. The van der Waals surface area contributed by atoms with Crippen LogP contribution in [0.2, 0.25) is 5.15 Å². The largest absolute Gasteiger partial charge is 0.411 e. The van der Waals surface area contributed by atoms with Gasteiger partial charge >= 0.3 is 6.18 Å². The lowest BCUT2D eigenvalue weighted by Gasteiger charge is -2.18. The normalized spacial score (nSPS) is 12.8. The van der Waals surface area contributed by atoms with Crippen LogP contribution < -0.4 is 0 Å². The Balaban J connectivity index is 2.62. The maximum Gasteiger partial charge on any atom is 0.411 e. The summed E-state index contributed by atoms with van der Waals surface area (Å²) in [5.41, 5.74) is 0.548. The van der Waals surface area contributed by atoms with Crippen LogP contribution in [0.3, 0.4) is 0 Å². The number of ether oxygens (including phenoxy) is 1. The summed E-state index contributed by atoms with van der Waals surface area (Å²) in [7, 11) is 0. The van der Waals surface area contributed by atoms with Gasteiger partial charge in [-0.2, -0.15) is 13.2 Å². The zero-order chi connectivity index (χ0) is 14.7. The smallest absolute Gasteiger partial charge is 0.372 e. The predicted octanol–water partition coefficient (Wildman–Crippen LogP) is 3.55. The summed E-state index contributed by atoms with van der Waals surface area (Å²) >= 11 is 5.87. The van der Waals surface area contributed by atoms with Crippen molar-refractivity contribution >= 4 is 11.6 Å². The van der Waals surface area contributed by atoms with Crippen molar-refractivity contribution in [2.45, 2.75) is 38.8 Å². The van der Waals surface area contributed by atoms with Crippen LogP contribution in [0.25, 0.3) is 0 Å². The molecular weight excluding hydrogens is 281 g/mol. The van der Waals surface area contributed by atoms with E-state index in [0.29, 0.717) is 5.82 Å². The highest BCUT2D eigenvalue weighted by Gasteiger charge is 2.27. The second-order valence-electron chi connectivity index (χ2n) is 5.16. The zero-order valence-corrected chi connectivity index (χ0v) is 11.8. The van der Waals surface area contributed by atoms with Gasteiger partial charge in [-0.3, -0.25) is 0 Å². The molecule has 0 spiro atoms. The standard InChI is InChI=1S/C12H16ClF3N2O/c1-11(2,3)8-6-9(13)18-10(17-8)4-5-19-7-12(14,15)16/h6H,4-5,7H2,1-3H3. The van der Waals surface area contributed by atoms with E-state index in [4.69, 9.17) is 11.6 Å². The maximum atomic E-state index is 11.9. The summed E-state index contributed by atoms with van der Waals surface area (Å²) < 4.78 is 40.2. The van der Waals surface area contributed by atoms with Crippen LogP contribution in [-0.2, 0) is 16.6 Å². The van der Waals surface area contributed by atoms with Crippen molar-refractivity contribution in [3.05, 3.63) is 22.7 Å². The molecule has 108 valence electrons. The molecule has 1 aromatic rings. The van der Waals surface area contributed by atoms with E-state index < -0.39 is 12.8 Å². The molecular formula is C12H16ClF3N2O. The number of hydrogen-bond acceptors (Lipinski definition) is 3. The van der Waals surface area contributed by atoms with Gasteiger partial charge in [-0.05, 0) is 6.07 Å². The van der Waals surface area contributed by atoms with E-state index in [1.807, 2.05) is 20.8 Å². The number of nitrogens with zero attached hydrogens (tertiary/aromatic N) is 2. The first-order valence-electron chi connectivity index (χ1n) is 5.76. The van der Waals surface area contributed by atoms with Crippen LogP contribution in [0.15, 0.2) is 6.07 Å². The van der Waals surface area contributed by atoms with Crippen LogP contribution in [0.1, 0.15) is 32.3 Å². The average Bonchev–Trinajstić information content (AvgIpc) is 2.21. The highest BCUT2D eigenvalue weighted by atomic mass is 35.5. The number of aromatic nitrogens is 2. The van der Waals surface area contributed by atoms with Gasteiger partial charge in [-0.25, -0.2) is 9.97 Å². The number of alkyl halides is 3. The van der Waals surface area contributed by atoms with E-state index in [1.165, 1.54) is 0 Å². The van der Waals surface area contributed by atoms with Gasteiger partial charge < -0.3 is 4.74 Å². The van der Waals surface area contributed by atoms with E-state index in [9.17, 15) is 13.2 Å². The quantitative estimate of drug-likeness (QED) is 0.629. The third kappa shape index (κ3) is 6.20. The van der Waals surface area contributed by atoms with Crippen molar-refractivity contribution in [1.82, 2.24) is 9.97 Å². The monoisotopic (exact) mass is 296 g/mol. The van der Waals surface area contributed by atoms with Gasteiger partial charge in [0, 0.05) is 11.8 Å². The third-order valence-electron chi connectivity index (χ3n) is 2.25. The lowest BCUT2D eigenvalue weighted by Crippen LogP contribution is -2.19. The minimum atomic E-state index is -4.31. The molecule has 0 atom stereocenters. The van der Waals surface area contributed by atoms with E-state index in [-0.39, 0.29) is 23.6 Å². The van der Waals surface area contributed by atoms with Gasteiger partial charge in [0.2, 0.25) is 0 Å². The predicted molar refractivity (Wildman–Crippen MR) is 66.3 cm³/mol. The molecule has 3 nitrogen and oxygen atoms in total. The minimum Gasteiger partial charge on any atom is -0.372 e. The van der Waals surface area contributed by atoms with Gasteiger partial charge in [-0.1, -0.05) is 32.4 Å². The highest BCUT2D eigenvalue weighted by Crippen LogP contribution is 2.22. The fraction of sp³-hybridized carbons (Fsp3) is 0.667. The van der Waals surface area contributed by atoms with Crippen LogP contribution >= 0.6 is 11.6 Å². The SMILES string of the molecule is CC(C)(C)c1cc(Cl)nc(CCOCC(F)(F)F)n1. The number of rotatable bonds is 4. The Hall–Kier alpha value is -0.880. The Labute approximate surface area is 115 Å². The Morgan fingerprint density at radius 3 is 2.37 bits per heavy atom. The molecule has 0 fully saturated rings. The molecule has 0 unspecified atom stereocenters. The van der Waals surface area contributed by atoms with E-state index in [0.717, 1.165) is 5.69 Å². The first-order valence-corrected chi connectivity index (χ1v) is 6.14. The zero-order valence-electron chi connectivity index (χ0n) is 11.0. The average molecular weight is 297 g/mol. The molecule has 0 aliphatic rings. The Kier molecular flexibility index (Phi) is 5.15. The van der Waals surface area contributed by atoms with Crippen LogP contribution in [0, 0.1) is 0 Å². The molecule has 0 radical (unpaired) electrons. The number of hydrogen-bond donors (Lipinski definition) is 0. The third-order valence-corrected chi connectivity index (χ3v) is 2.44. The van der Waals surface area contributed by atoms with Gasteiger partial charge in [-0.15, -0.1) is 0 Å². The molecule has 0 aromatic carbocycles. The molecule has 0 aliphatic heterocycles. The molecule has 0 saturated carbocycles. The summed E-state index contributed by atoms with van der Waals surface area (Å²) in [6.45, 7) is 4.55. The van der Waals surface area contributed by atoms with Crippen molar-refractivity contribution in [2.24, 2.45) is 0 Å². The van der Waals surface area contributed by atoms with E-state index >= 15 is 0 Å². The van der Waals surface area contributed by atoms with E-state index in [1.54, 1.807) is 6.07 Å². The Morgan fingerprint density at radius 2 is 1.84 bits per heavy atom. The summed E-state index contributed by atoms with van der Waals surface area (Å²) in [6, 6.07) is 1.65. The fourth-order valence-electron chi connectivity index (χ4n) is 1.31. The van der Waals surface area contributed by atoms with Crippen molar-refractivity contribution in [2.75, 3.05) is 13.2 Å². The molecule has 7 heteroatoms. The first-order chi connectivity index (χ1) is 8.58. The topological polar surface area (TPSA) is 35.0 Å². The summed E-state index contributed by atoms with van der Waals surface area (Å²) in [4.78, 5) is 8.26. The fourth-order valence-corrected chi connectivity index (χ4v) is 1.51.